The summed E-state index contributed by atoms with van der Waals surface area (Å²) < 4.78 is 0.600. The molecule has 0 heterocycles. The highest BCUT2D eigenvalue weighted by molar-refractivity contribution is 6.63. The van der Waals surface area contributed by atoms with Gasteiger partial charge >= 0.3 is 0 Å². The third-order valence-electron chi connectivity index (χ3n) is 0.599. The van der Waals surface area contributed by atoms with E-state index < -0.39 is 0 Å². The highest BCUT2D eigenvalue weighted by Gasteiger charge is 2.10. The van der Waals surface area contributed by atoms with Crippen molar-refractivity contribution in [3.05, 3.63) is 0 Å². The Morgan fingerprint density at radius 1 is 1.50 bits per heavy atom. The Bertz CT molecular complexity index is 95.1. The third-order valence-corrected chi connectivity index (χ3v) is 0.718. The molecular weight excluding hydrogens is 126 g/mol. The summed E-state index contributed by atoms with van der Waals surface area (Å²) in [5.74, 6) is 0. The van der Waals surface area contributed by atoms with Gasteiger partial charge in [0.15, 0.2) is 6.54 Å². The number of quaternary nitrogens is 1. The van der Waals surface area contributed by atoms with Gasteiger partial charge in [0, 0.05) is 0 Å². The maximum absolute atomic E-state index is 10.2. The molecule has 0 fully saturated rings. The van der Waals surface area contributed by atoms with Gasteiger partial charge in [-0.05, 0) is 11.6 Å². The molecule has 0 aliphatic carbocycles. The van der Waals surface area contributed by atoms with Crippen LogP contribution in [-0.2, 0) is 4.79 Å². The van der Waals surface area contributed by atoms with Gasteiger partial charge in [-0.1, -0.05) is 0 Å². The van der Waals surface area contributed by atoms with Gasteiger partial charge in [0.1, 0.15) is 0 Å². The standard InChI is InChI=1S/C5H11ClNO/c1-7(2,3)4-5(6)8/h4H2,1-3H3/q+1. The van der Waals surface area contributed by atoms with Crippen LogP contribution in [0.5, 0.6) is 0 Å². The molecule has 0 amide bonds. The summed E-state index contributed by atoms with van der Waals surface area (Å²) in [5.41, 5.74) is 0. The second-order valence-electron chi connectivity index (χ2n) is 2.80. The zero-order valence-electron chi connectivity index (χ0n) is 5.44. The van der Waals surface area contributed by atoms with E-state index in [2.05, 4.69) is 0 Å². The van der Waals surface area contributed by atoms with E-state index in [-0.39, 0.29) is 5.24 Å². The van der Waals surface area contributed by atoms with Gasteiger partial charge in [-0.2, -0.15) is 0 Å². The molecule has 0 rings (SSSR count). The van der Waals surface area contributed by atoms with Crippen molar-refractivity contribution in [2.45, 2.75) is 0 Å². The molecule has 0 saturated heterocycles. The zero-order valence-corrected chi connectivity index (χ0v) is 6.20. The van der Waals surface area contributed by atoms with E-state index in [1.54, 1.807) is 0 Å². The van der Waals surface area contributed by atoms with Crippen LogP contribution in [0, 0.1) is 0 Å². The number of rotatable bonds is 2. The Morgan fingerprint density at radius 3 is 1.88 bits per heavy atom. The van der Waals surface area contributed by atoms with Gasteiger partial charge < -0.3 is 4.48 Å². The SMILES string of the molecule is C[N+](C)(C)CC(=O)Cl. The van der Waals surface area contributed by atoms with E-state index in [0.29, 0.717) is 11.0 Å². The normalized spacial score (nSPS) is 11.5. The fraction of sp³-hybridized carbons (Fsp3) is 0.800. The average molecular weight is 137 g/mol. The first-order valence-electron chi connectivity index (χ1n) is 2.40. The first-order chi connectivity index (χ1) is 3.42. The van der Waals surface area contributed by atoms with Crippen molar-refractivity contribution in [1.29, 1.82) is 0 Å². The van der Waals surface area contributed by atoms with Crippen molar-refractivity contribution in [3.8, 4) is 0 Å². The molecule has 3 heteroatoms. The molecule has 0 radical (unpaired) electrons. The van der Waals surface area contributed by atoms with Crippen LogP contribution in [0.3, 0.4) is 0 Å². The summed E-state index contributed by atoms with van der Waals surface area (Å²) in [6, 6.07) is 0. The van der Waals surface area contributed by atoms with Crippen LogP contribution in [0.25, 0.3) is 0 Å². The van der Waals surface area contributed by atoms with Gasteiger partial charge in [-0.15, -0.1) is 0 Å². The number of nitrogens with zero attached hydrogens (tertiary/aromatic N) is 1. The minimum Gasteiger partial charge on any atom is -0.324 e. The fourth-order valence-corrected chi connectivity index (χ4v) is 0.732. The molecule has 0 aromatic carbocycles. The van der Waals surface area contributed by atoms with E-state index in [0.717, 1.165) is 0 Å². The Hall–Kier alpha value is -0.0800. The van der Waals surface area contributed by atoms with Crippen LogP contribution in [0.2, 0.25) is 0 Å². The summed E-state index contributed by atoms with van der Waals surface area (Å²) in [5, 5.41) is -0.280. The average Bonchev–Trinajstić information content (AvgIpc) is 1.21. The summed E-state index contributed by atoms with van der Waals surface area (Å²) in [6.07, 6.45) is 0. The number of carbonyl (C=O) groups is 1. The molecular formula is C5H11ClNO+. The summed E-state index contributed by atoms with van der Waals surface area (Å²) in [4.78, 5) is 10.2. The smallest absolute Gasteiger partial charge is 0.276 e. The highest BCUT2D eigenvalue weighted by Crippen LogP contribution is 1.91. The van der Waals surface area contributed by atoms with Gasteiger partial charge in [0.05, 0.1) is 21.1 Å². The molecule has 0 N–H and O–H groups in total. The van der Waals surface area contributed by atoms with E-state index in [1.807, 2.05) is 21.1 Å². The van der Waals surface area contributed by atoms with Gasteiger partial charge in [0.25, 0.3) is 5.24 Å². The van der Waals surface area contributed by atoms with Crippen molar-refractivity contribution in [1.82, 2.24) is 0 Å². The molecule has 0 aromatic rings. The minimum absolute atomic E-state index is 0.280. The van der Waals surface area contributed by atoms with Crippen LogP contribution in [0.15, 0.2) is 0 Å². The molecule has 0 aliphatic heterocycles. The largest absolute Gasteiger partial charge is 0.324 e. The number of hydrogen-bond acceptors (Lipinski definition) is 1. The molecule has 0 aliphatic rings. The van der Waals surface area contributed by atoms with Crippen molar-refractivity contribution < 1.29 is 9.28 Å². The first-order valence-corrected chi connectivity index (χ1v) is 2.78. The predicted octanol–water partition coefficient (Wildman–Crippen LogP) is 0.458. The fourth-order valence-electron chi connectivity index (χ4n) is 0.373. The van der Waals surface area contributed by atoms with Gasteiger partial charge in [0.2, 0.25) is 0 Å². The molecule has 0 spiro atoms. The van der Waals surface area contributed by atoms with Crippen LogP contribution >= 0.6 is 11.6 Å². The molecule has 8 heavy (non-hydrogen) atoms. The second kappa shape index (κ2) is 2.46. The Morgan fingerprint density at radius 2 is 1.88 bits per heavy atom. The number of likely N-dealkylation sites (N-methyl/N-ethyl adjacent to an activating group) is 1. The van der Waals surface area contributed by atoms with Gasteiger partial charge in [-0.3, -0.25) is 4.79 Å². The topological polar surface area (TPSA) is 17.1 Å². The quantitative estimate of drug-likeness (QED) is 0.398. The van der Waals surface area contributed by atoms with E-state index in [9.17, 15) is 4.79 Å². The minimum atomic E-state index is -0.280. The highest BCUT2D eigenvalue weighted by atomic mass is 35.5. The van der Waals surface area contributed by atoms with E-state index in [4.69, 9.17) is 11.6 Å². The summed E-state index contributed by atoms with van der Waals surface area (Å²) in [6.45, 7) is 0.390. The number of halogens is 1. The lowest BCUT2D eigenvalue weighted by Gasteiger charge is -2.20. The van der Waals surface area contributed by atoms with Crippen molar-refractivity contribution in [2.24, 2.45) is 0 Å². The Balaban J connectivity index is 3.55. The van der Waals surface area contributed by atoms with Gasteiger partial charge in [-0.25, -0.2) is 0 Å². The lowest BCUT2D eigenvalue weighted by atomic mass is 10.5. The molecule has 0 bridgehead atoms. The predicted molar refractivity (Wildman–Crippen MR) is 33.8 cm³/mol. The number of carbonyl (C=O) groups excluding carboxylic acids is 1. The third kappa shape index (κ3) is 5.92. The maximum atomic E-state index is 10.2. The second-order valence-corrected chi connectivity index (χ2v) is 3.23. The van der Waals surface area contributed by atoms with Crippen molar-refractivity contribution in [2.75, 3.05) is 27.7 Å². The molecule has 0 aromatic heterocycles. The molecule has 48 valence electrons. The van der Waals surface area contributed by atoms with Crippen LogP contribution in [0.1, 0.15) is 0 Å². The molecule has 0 saturated carbocycles. The van der Waals surface area contributed by atoms with Crippen LogP contribution < -0.4 is 0 Å². The number of hydrogen-bond donors (Lipinski definition) is 0. The lowest BCUT2D eigenvalue weighted by Crippen LogP contribution is -2.37. The Labute approximate surface area is 54.6 Å². The van der Waals surface area contributed by atoms with Crippen molar-refractivity contribution in [3.63, 3.8) is 0 Å². The van der Waals surface area contributed by atoms with E-state index in [1.165, 1.54) is 0 Å². The maximum Gasteiger partial charge on any atom is 0.276 e. The van der Waals surface area contributed by atoms with Crippen LogP contribution in [0.4, 0.5) is 0 Å². The first kappa shape index (κ1) is 7.92. The summed E-state index contributed by atoms with van der Waals surface area (Å²) >= 11 is 5.11. The zero-order chi connectivity index (χ0) is 6.78. The van der Waals surface area contributed by atoms with E-state index >= 15 is 0 Å². The molecule has 0 atom stereocenters. The molecule has 0 unspecified atom stereocenters. The molecule has 2 nitrogen and oxygen atoms in total. The Kier molecular flexibility index (Phi) is 2.44. The summed E-state index contributed by atoms with van der Waals surface area (Å²) in [7, 11) is 5.75. The van der Waals surface area contributed by atoms with Crippen LogP contribution in [-0.4, -0.2) is 37.4 Å². The monoisotopic (exact) mass is 136 g/mol. The lowest BCUT2D eigenvalue weighted by molar-refractivity contribution is -0.861. The van der Waals surface area contributed by atoms with Crippen molar-refractivity contribution >= 4 is 16.8 Å².